The van der Waals surface area contributed by atoms with Crippen molar-refractivity contribution >= 4 is 5.97 Å². The Labute approximate surface area is 169 Å². The minimum absolute atomic E-state index is 0.138. The predicted octanol–water partition coefficient (Wildman–Crippen LogP) is 6.44. The van der Waals surface area contributed by atoms with E-state index >= 15 is 0 Å². The standard InChI is InChI=1S/C23H38O5/c1-2-3-4-5-6-7-8-9-10-11-12-13-14-15-16-28-23(27)19-17-21(25)22(26)18-20(19)24/h17-18,24-26H,2-16H2,1H3. The number of hydrogen-bond donors (Lipinski definition) is 3. The fourth-order valence-corrected chi connectivity index (χ4v) is 3.27. The minimum atomic E-state index is -0.692. The van der Waals surface area contributed by atoms with E-state index in [2.05, 4.69) is 6.92 Å². The molecule has 160 valence electrons. The summed E-state index contributed by atoms with van der Waals surface area (Å²) in [6, 6.07) is 1.94. The van der Waals surface area contributed by atoms with Gasteiger partial charge in [-0.05, 0) is 6.42 Å². The summed E-state index contributed by atoms with van der Waals surface area (Å²) in [4.78, 5) is 11.9. The van der Waals surface area contributed by atoms with E-state index in [0.717, 1.165) is 31.4 Å². The Bertz CT molecular complexity index is 556. The Kier molecular flexibility index (Phi) is 13.0. The average molecular weight is 395 g/mol. The lowest BCUT2D eigenvalue weighted by Gasteiger charge is -2.08. The molecule has 0 bridgehead atoms. The van der Waals surface area contributed by atoms with Crippen molar-refractivity contribution in [2.24, 2.45) is 0 Å². The van der Waals surface area contributed by atoms with Crippen LogP contribution in [0.1, 0.15) is 107 Å². The Morgan fingerprint density at radius 2 is 1.11 bits per heavy atom. The highest BCUT2D eigenvalue weighted by atomic mass is 16.5. The number of rotatable bonds is 16. The Morgan fingerprint density at radius 1 is 0.679 bits per heavy atom. The first-order valence-corrected chi connectivity index (χ1v) is 11.0. The van der Waals surface area contributed by atoms with Gasteiger partial charge < -0.3 is 20.1 Å². The molecule has 0 aliphatic heterocycles. The van der Waals surface area contributed by atoms with Gasteiger partial charge in [-0.15, -0.1) is 0 Å². The molecule has 1 aromatic rings. The van der Waals surface area contributed by atoms with Crippen LogP contribution in [0.25, 0.3) is 0 Å². The zero-order valence-corrected chi connectivity index (χ0v) is 17.4. The fourth-order valence-electron chi connectivity index (χ4n) is 3.27. The predicted molar refractivity (Wildman–Crippen MR) is 112 cm³/mol. The summed E-state index contributed by atoms with van der Waals surface area (Å²) < 4.78 is 5.12. The number of aromatic hydroxyl groups is 3. The molecule has 0 heterocycles. The average Bonchev–Trinajstić information content (AvgIpc) is 2.67. The number of carbonyl (C=O) groups is 1. The number of hydrogen-bond acceptors (Lipinski definition) is 5. The Morgan fingerprint density at radius 3 is 1.61 bits per heavy atom. The molecule has 0 spiro atoms. The number of esters is 1. The first-order valence-electron chi connectivity index (χ1n) is 11.0. The molecule has 5 nitrogen and oxygen atoms in total. The molecule has 0 saturated carbocycles. The van der Waals surface area contributed by atoms with Crippen molar-refractivity contribution in [1.29, 1.82) is 0 Å². The smallest absolute Gasteiger partial charge is 0.342 e. The summed E-state index contributed by atoms with van der Waals surface area (Å²) >= 11 is 0. The third-order valence-corrected chi connectivity index (χ3v) is 5.04. The van der Waals surface area contributed by atoms with Crippen LogP contribution in [-0.2, 0) is 4.74 Å². The van der Waals surface area contributed by atoms with Gasteiger partial charge in [-0.25, -0.2) is 4.79 Å². The van der Waals surface area contributed by atoms with Gasteiger partial charge in [0.25, 0.3) is 0 Å². The van der Waals surface area contributed by atoms with Crippen molar-refractivity contribution in [3.63, 3.8) is 0 Å². The number of phenols is 3. The lowest BCUT2D eigenvalue weighted by atomic mass is 10.0. The van der Waals surface area contributed by atoms with E-state index in [1.165, 1.54) is 70.6 Å². The topological polar surface area (TPSA) is 87.0 Å². The second-order valence-corrected chi connectivity index (χ2v) is 7.59. The molecular weight excluding hydrogens is 356 g/mol. The normalized spacial score (nSPS) is 10.9. The highest BCUT2D eigenvalue weighted by Gasteiger charge is 2.16. The molecule has 28 heavy (non-hydrogen) atoms. The molecule has 0 unspecified atom stereocenters. The largest absolute Gasteiger partial charge is 0.507 e. The van der Waals surface area contributed by atoms with E-state index in [9.17, 15) is 20.1 Å². The third kappa shape index (κ3) is 10.4. The second-order valence-electron chi connectivity index (χ2n) is 7.59. The fraction of sp³-hybridized carbons (Fsp3) is 0.696. The highest BCUT2D eigenvalue weighted by Crippen LogP contribution is 2.32. The zero-order valence-electron chi connectivity index (χ0n) is 17.4. The van der Waals surface area contributed by atoms with Crippen LogP contribution in [0, 0.1) is 0 Å². The van der Waals surface area contributed by atoms with Crippen LogP contribution in [0.15, 0.2) is 12.1 Å². The summed E-state index contributed by atoms with van der Waals surface area (Å²) in [6.07, 6.45) is 17.7. The van der Waals surface area contributed by atoms with Gasteiger partial charge in [0.2, 0.25) is 0 Å². The molecule has 0 amide bonds. The number of phenolic OH excluding ortho intramolecular Hbond substituents is 3. The van der Waals surface area contributed by atoms with Crippen molar-refractivity contribution in [2.45, 2.75) is 96.8 Å². The molecule has 1 rings (SSSR count). The van der Waals surface area contributed by atoms with E-state index in [1.807, 2.05) is 0 Å². The maximum absolute atomic E-state index is 11.9. The van der Waals surface area contributed by atoms with Gasteiger partial charge in [-0.1, -0.05) is 90.4 Å². The molecule has 3 N–H and O–H groups in total. The zero-order chi connectivity index (χ0) is 20.6. The van der Waals surface area contributed by atoms with Crippen molar-refractivity contribution < 1.29 is 24.9 Å². The van der Waals surface area contributed by atoms with Crippen molar-refractivity contribution in [3.05, 3.63) is 17.7 Å². The van der Waals surface area contributed by atoms with E-state index in [-0.39, 0.29) is 12.2 Å². The molecule has 0 aliphatic rings. The van der Waals surface area contributed by atoms with Crippen molar-refractivity contribution in [1.82, 2.24) is 0 Å². The van der Waals surface area contributed by atoms with Crippen LogP contribution in [0.3, 0.4) is 0 Å². The number of ether oxygens (including phenoxy) is 1. The van der Waals surface area contributed by atoms with Gasteiger partial charge in [0, 0.05) is 12.1 Å². The molecule has 0 saturated heterocycles. The third-order valence-electron chi connectivity index (χ3n) is 5.04. The summed E-state index contributed by atoms with van der Waals surface area (Å²) in [7, 11) is 0. The maximum Gasteiger partial charge on any atom is 0.342 e. The van der Waals surface area contributed by atoms with Crippen molar-refractivity contribution in [3.8, 4) is 17.2 Å². The summed E-state index contributed by atoms with van der Waals surface area (Å²) in [5, 5.41) is 28.3. The number of unbranched alkanes of at least 4 members (excludes halogenated alkanes) is 13. The minimum Gasteiger partial charge on any atom is -0.507 e. The van der Waals surface area contributed by atoms with Crippen LogP contribution in [0.2, 0.25) is 0 Å². The Hall–Kier alpha value is -1.91. The molecule has 0 aliphatic carbocycles. The van der Waals surface area contributed by atoms with Gasteiger partial charge >= 0.3 is 5.97 Å². The highest BCUT2D eigenvalue weighted by molar-refractivity contribution is 5.93. The molecule has 0 radical (unpaired) electrons. The van der Waals surface area contributed by atoms with E-state index in [4.69, 9.17) is 4.74 Å². The number of benzene rings is 1. The molecular formula is C23H38O5. The monoisotopic (exact) mass is 394 g/mol. The van der Waals surface area contributed by atoms with Crippen LogP contribution < -0.4 is 0 Å². The SMILES string of the molecule is CCCCCCCCCCCCCCCCOC(=O)c1cc(O)c(O)cc1O. The summed E-state index contributed by atoms with van der Waals surface area (Å²) in [5.41, 5.74) is -0.138. The van der Waals surface area contributed by atoms with E-state index in [0.29, 0.717) is 0 Å². The van der Waals surface area contributed by atoms with Crippen LogP contribution in [-0.4, -0.2) is 27.9 Å². The lowest BCUT2D eigenvalue weighted by Crippen LogP contribution is -2.06. The summed E-state index contributed by atoms with van der Waals surface area (Å²) in [6.45, 7) is 2.54. The van der Waals surface area contributed by atoms with Gasteiger partial charge in [0.05, 0.1) is 6.61 Å². The van der Waals surface area contributed by atoms with Crippen molar-refractivity contribution in [2.75, 3.05) is 6.61 Å². The van der Waals surface area contributed by atoms with Gasteiger partial charge in [-0.2, -0.15) is 0 Å². The van der Waals surface area contributed by atoms with E-state index in [1.54, 1.807) is 0 Å². The second kappa shape index (κ2) is 15.1. The van der Waals surface area contributed by atoms with Gasteiger partial charge in [-0.3, -0.25) is 0 Å². The van der Waals surface area contributed by atoms with Gasteiger partial charge in [0.1, 0.15) is 11.3 Å². The lowest BCUT2D eigenvalue weighted by molar-refractivity contribution is 0.0494. The Balaban J connectivity index is 1.94. The molecule has 0 aromatic heterocycles. The first kappa shape index (κ1) is 24.1. The van der Waals surface area contributed by atoms with Gasteiger partial charge in [0.15, 0.2) is 11.5 Å². The van der Waals surface area contributed by atoms with E-state index < -0.39 is 23.2 Å². The first-order chi connectivity index (χ1) is 13.6. The molecule has 0 atom stereocenters. The molecule has 5 heteroatoms. The summed E-state index contributed by atoms with van der Waals surface area (Å²) in [5.74, 6) is -2.02. The quantitative estimate of drug-likeness (QED) is 0.130. The number of carbonyl (C=O) groups excluding carboxylic acids is 1. The van der Waals surface area contributed by atoms with Crippen LogP contribution >= 0.6 is 0 Å². The maximum atomic E-state index is 11.9. The molecule has 1 aromatic carbocycles. The van der Waals surface area contributed by atoms with Crippen LogP contribution in [0.5, 0.6) is 17.2 Å². The molecule has 0 fully saturated rings. The van der Waals surface area contributed by atoms with Crippen LogP contribution in [0.4, 0.5) is 0 Å².